The Kier molecular flexibility index (Phi) is 5.84. The molecule has 1 aromatic carbocycles. The van der Waals surface area contributed by atoms with Crippen LogP contribution in [-0.4, -0.2) is 78.4 Å². The van der Waals surface area contributed by atoms with E-state index in [9.17, 15) is 18.8 Å². The summed E-state index contributed by atoms with van der Waals surface area (Å²) in [5, 5.41) is 0.363. The summed E-state index contributed by atoms with van der Waals surface area (Å²) in [5.41, 5.74) is 0.213. The number of anilines is 1. The lowest BCUT2D eigenvalue weighted by atomic mass is 10.3. The summed E-state index contributed by atoms with van der Waals surface area (Å²) in [6.45, 7) is 3.40. The van der Waals surface area contributed by atoms with Crippen LogP contribution in [0.5, 0.6) is 0 Å². The molecule has 0 unspecified atom stereocenters. The van der Waals surface area contributed by atoms with Crippen molar-refractivity contribution in [2.75, 3.05) is 50.8 Å². The number of likely N-dealkylation sites (tertiary alicyclic amines) is 1. The zero-order chi connectivity index (χ0) is 20.4. The quantitative estimate of drug-likeness (QED) is 0.654. The van der Waals surface area contributed by atoms with E-state index in [0.717, 1.165) is 18.0 Å². The Balaban J connectivity index is 1.56. The normalized spacial score (nSPS) is 18.0. The highest BCUT2D eigenvalue weighted by Crippen LogP contribution is 2.30. The van der Waals surface area contributed by atoms with Gasteiger partial charge in [-0.05, 0) is 12.1 Å². The number of aromatic nitrogens is 1. The van der Waals surface area contributed by atoms with Crippen molar-refractivity contribution in [3.63, 3.8) is 0 Å². The number of carbonyl (C=O) groups excluding carboxylic acids is 3. The average molecular weight is 420 g/mol. The van der Waals surface area contributed by atoms with Gasteiger partial charge in [0.2, 0.25) is 17.7 Å². The third-order valence-corrected chi connectivity index (χ3v) is 6.13. The van der Waals surface area contributed by atoms with Gasteiger partial charge in [-0.1, -0.05) is 17.4 Å². The highest BCUT2D eigenvalue weighted by molar-refractivity contribution is 7.22. The predicted molar refractivity (Wildman–Crippen MR) is 105 cm³/mol. The fourth-order valence-corrected chi connectivity index (χ4v) is 4.46. The summed E-state index contributed by atoms with van der Waals surface area (Å²) in [6, 6.07) is 4.67. The van der Waals surface area contributed by atoms with Crippen LogP contribution in [0.4, 0.5) is 9.52 Å². The van der Waals surface area contributed by atoms with E-state index < -0.39 is 11.7 Å². The second-order valence-electron chi connectivity index (χ2n) is 6.96. The van der Waals surface area contributed by atoms with Crippen LogP contribution in [0.1, 0.15) is 12.8 Å². The van der Waals surface area contributed by atoms with E-state index in [1.54, 1.807) is 12.1 Å². The molecule has 0 atom stereocenters. The van der Waals surface area contributed by atoms with Gasteiger partial charge in [0.25, 0.3) is 0 Å². The van der Waals surface area contributed by atoms with Crippen molar-refractivity contribution < 1.29 is 23.5 Å². The molecule has 3 amide bonds. The fourth-order valence-electron chi connectivity index (χ4n) is 3.43. The van der Waals surface area contributed by atoms with Crippen molar-refractivity contribution >= 4 is 44.4 Å². The molecule has 0 aliphatic carbocycles. The van der Waals surface area contributed by atoms with Crippen molar-refractivity contribution in [2.24, 2.45) is 0 Å². The average Bonchev–Trinajstić information content (AvgIpc) is 3.28. The first-order chi connectivity index (χ1) is 14.0. The molecule has 0 N–H and O–H groups in total. The van der Waals surface area contributed by atoms with Gasteiger partial charge in [-0.3, -0.25) is 29.1 Å². The summed E-state index contributed by atoms with van der Waals surface area (Å²) in [5.74, 6) is -1.53. The Labute approximate surface area is 170 Å². The molecule has 0 saturated carbocycles. The molecular formula is C19H21FN4O4S. The van der Waals surface area contributed by atoms with E-state index in [1.165, 1.54) is 22.3 Å². The number of benzene rings is 1. The maximum atomic E-state index is 14.1. The number of rotatable bonds is 6. The maximum Gasteiger partial charge on any atom is 0.248 e. The number of hydrogen-bond acceptors (Lipinski definition) is 7. The molecule has 0 radical (unpaired) electrons. The van der Waals surface area contributed by atoms with Gasteiger partial charge in [0, 0.05) is 39.0 Å². The number of hydrogen-bond donors (Lipinski definition) is 0. The van der Waals surface area contributed by atoms with Crippen molar-refractivity contribution in [3.05, 3.63) is 24.0 Å². The van der Waals surface area contributed by atoms with E-state index in [4.69, 9.17) is 4.74 Å². The molecule has 8 nitrogen and oxygen atoms in total. The first-order valence-electron chi connectivity index (χ1n) is 9.51. The highest BCUT2D eigenvalue weighted by Gasteiger charge is 2.33. The first-order valence-corrected chi connectivity index (χ1v) is 10.3. The minimum absolute atomic E-state index is 0.131. The topological polar surface area (TPSA) is 83.1 Å². The molecule has 154 valence electrons. The van der Waals surface area contributed by atoms with Crippen molar-refractivity contribution in [2.45, 2.75) is 12.8 Å². The standard InChI is InChI=1S/C19H21FN4O4S/c20-13-2-1-3-14-18(13)21-19(29-14)23(7-6-22-8-10-28-11-9-22)17(27)12-24-15(25)4-5-16(24)26/h1-3H,4-12H2. The smallest absolute Gasteiger partial charge is 0.248 e. The lowest BCUT2D eigenvalue weighted by molar-refractivity contribution is -0.141. The summed E-state index contributed by atoms with van der Waals surface area (Å²) < 4.78 is 20.1. The summed E-state index contributed by atoms with van der Waals surface area (Å²) >= 11 is 1.22. The van der Waals surface area contributed by atoms with Crippen LogP contribution in [0.15, 0.2) is 18.2 Å². The largest absolute Gasteiger partial charge is 0.379 e. The van der Waals surface area contributed by atoms with Crippen LogP contribution in [0.2, 0.25) is 0 Å². The van der Waals surface area contributed by atoms with Crippen LogP contribution in [0.25, 0.3) is 10.2 Å². The van der Waals surface area contributed by atoms with Crippen LogP contribution in [-0.2, 0) is 19.1 Å². The molecule has 2 aliphatic rings. The monoisotopic (exact) mass is 420 g/mol. The molecule has 2 aromatic rings. The van der Waals surface area contributed by atoms with Gasteiger partial charge in [-0.25, -0.2) is 9.37 Å². The van der Waals surface area contributed by atoms with Crippen molar-refractivity contribution in [1.29, 1.82) is 0 Å². The van der Waals surface area contributed by atoms with Gasteiger partial charge >= 0.3 is 0 Å². The number of carbonyl (C=O) groups is 3. The number of amides is 3. The Bertz CT molecular complexity index is 927. The molecule has 2 aliphatic heterocycles. The Morgan fingerprint density at radius 3 is 2.62 bits per heavy atom. The van der Waals surface area contributed by atoms with E-state index in [0.29, 0.717) is 36.1 Å². The Hall–Kier alpha value is -2.43. The first kappa shape index (κ1) is 19.9. The number of imide groups is 1. The van der Waals surface area contributed by atoms with Crippen LogP contribution in [0.3, 0.4) is 0 Å². The molecule has 2 saturated heterocycles. The van der Waals surface area contributed by atoms with Gasteiger partial charge in [0.05, 0.1) is 17.9 Å². The summed E-state index contributed by atoms with van der Waals surface area (Å²) in [7, 11) is 0. The second-order valence-corrected chi connectivity index (χ2v) is 7.97. The lowest BCUT2D eigenvalue weighted by Gasteiger charge is -2.29. The number of para-hydroxylation sites is 1. The summed E-state index contributed by atoms with van der Waals surface area (Å²) in [4.78, 5) is 45.8. The summed E-state index contributed by atoms with van der Waals surface area (Å²) in [6.07, 6.45) is 0.262. The van der Waals surface area contributed by atoms with E-state index in [2.05, 4.69) is 9.88 Å². The molecule has 0 spiro atoms. The number of fused-ring (bicyclic) bond motifs is 1. The van der Waals surface area contributed by atoms with Crippen LogP contribution < -0.4 is 4.90 Å². The van der Waals surface area contributed by atoms with Gasteiger partial charge in [0.15, 0.2) is 5.13 Å². The van der Waals surface area contributed by atoms with Gasteiger partial charge in [-0.2, -0.15) is 0 Å². The van der Waals surface area contributed by atoms with Crippen molar-refractivity contribution in [3.8, 4) is 0 Å². The van der Waals surface area contributed by atoms with Crippen molar-refractivity contribution in [1.82, 2.24) is 14.8 Å². The molecule has 4 rings (SSSR count). The number of nitrogens with zero attached hydrogens (tertiary/aromatic N) is 4. The Morgan fingerprint density at radius 2 is 1.93 bits per heavy atom. The number of morpholine rings is 1. The molecule has 3 heterocycles. The Morgan fingerprint density at radius 1 is 1.21 bits per heavy atom. The molecule has 2 fully saturated rings. The van der Waals surface area contributed by atoms with Gasteiger partial charge in [-0.15, -0.1) is 0 Å². The molecular weight excluding hydrogens is 399 g/mol. The third kappa shape index (κ3) is 4.29. The highest BCUT2D eigenvalue weighted by atomic mass is 32.1. The fraction of sp³-hybridized carbons (Fsp3) is 0.474. The molecule has 10 heteroatoms. The molecule has 1 aromatic heterocycles. The molecule has 29 heavy (non-hydrogen) atoms. The minimum Gasteiger partial charge on any atom is -0.379 e. The zero-order valence-electron chi connectivity index (χ0n) is 15.8. The van der Waals surface area contributed by atoms with Crippen LogP contribution in [0, 0.1) is 5.82 Å². The number of ether oxygens (including phenoxy) is 1. The maximum absolute atomic E-state index is 14.1. The van der Waals surface area contributed by atoms with Gasteiger partial charge < -0.3 is 4.74 Å². The SMILES string of the molecule is O=C1CCC(=O)N1CC(=O)N(CCN1CCOCC1)c1nc2c(F)cccc2s1. The van der Waals surface area contributed by atoms with Gasteiger partial charge in [0.1, 0.15) is 17.9 Å². The lowest BCUT2D eigenvalue weighted by Crippen LogP contribution is -2.47. The minimum atomic E-state index is -0.449. The van der Waals surface area contributed by atoms with E-state index >= 15 is 0 Å². The van der Waals surface area contributed by atoms with E-state index in [1.807, 2.05) is 0 Å². The number of halogens is 1. The molecule has 0 bridgehead atoms. The second kappa shape index (κ2) is 8.52. The third-order valence-electron chi connectivity index (χ3n) is 5.08. The predicted octanol–water partition coefficient (Wildman–Crippen LogP) is 1.25. The van der Waals surface area contributed by atoms with E-state index in [-0.39, 0.29) is 36.7 Å². The zero-order valence-corrected chi connectivity index (χ0v) is 16.6. The number of thiazole rings is 1. The van der Waals surface area contributed by atoms with Crippen LogP contribution >= 0.6 is 11.3 Å².